The second kappa shape index (κ2) is 5.81. The summed E-state index contributed by atoms with van der Waals surface area (Å²) < 4.78 is 0. The van der Waals surface area contributed by atoms with E-state index in [2.05, 4.69) is 55.8 Å². The van der Waals surface area contributed by atoms with Gasteiger partial charge >= 0.3 is 0 Å². The van der Waals surface area contributed by atoms with Gasteiger partial charge in [0, 0.05) is 37.8 Å². The summed E-state index contributed by atoms with van der Waals surface area (Å²) in [5.74, 6) is 0. The smallest absolute Gasteiger partial charge is 0.0638 e. The van der Waals surface area contributed by atoms with Crippen LogP contribution in [-0.4, -0.2) is 73.6 Å². The lowest BCUT2D eigenvalue weighted by atomic mass is 9.95. The number of rotatable bonds is 4. The van der Waals surface area contributed by atoms with Gasteiger partial charge in [-0.2, -0.15) is 5.26 Å². The zero-order valence-corrected chi connectivity index (χ0v) is 11.9. The van der Waals surface area contributed by atoms with Gasteiger partial charge in [0.1, 0.15) is 0 Å². The Labute approximate surface area is 106 Å². The number of nitrogens with zero attached hydrogens (tertiary/aromatic N) is 4. The fraction of sp³-hybridized carbons (Fsp3) is 0.923. The fourth-order valence-corrected chi connectivity index (χ4v) is 2.31. The van der Waals surface area contributed by atoms with Gasteiger partial charge in [-0.15, -0.1) is 0 Å². The quantitative estimate of drug-likeness (QED) is 0.727. The first-order valence-corrected chi connectivity index (χ1v) is 6.34. The maximum Gasteiger partial charge on any atom is 0.0638 e. The Hall–Kier alpha value is -0.630. The lowest BCUT2D eigenvalue weighted by molar-refractivity contribution is -0.00195. The molecule has 1 rings (SSSR count). The molecule has 0 saturated carbocycles. The molecule has 0 aromatic heterocycles. The van der Waals surface area contributed by atoms with E-state index >= 15 is 0 Å². The molecule has 0 aliphatic carbocycles. The molecule has 1 aliphatic rings. The number of hydrogen-bond donors (Lipinski definition) is 0. The van der Waals surface area contributed by atoms with Gasteiger partial charge in [-0.05, 0) is 35.0 Å². The third-order valence-electron chi connectivity index (χ3n) is 3.79. The molecular weight excluding hydrogens is 212 g/mol. The summed E-state index contributed by atoms with van der Waals surface area (Å²) in [7, 11) is 6.36. The molecular formula is C13H26N4. The second-order valence-corrected chi connectivity index (χ2v) is 5.98. The van der Waals surface area contributed by atoms with E-state index in [4.69, 9.17) is 5.26 Å². The summed E-state index contributed by atoms with van der Waals surface area (Å²) in [6.07, 6.45) is 0.633. The van der Waals surface area contributed by atoms with E-state index in [0.29, 0.717) is 12.5 Å². The molecule has 4 nitrogen and oxygen atoms in total. The van der Waals surface area contributed by atoms with Gasteiger partial charge < -0.3 is 4.90 Å². The highest BCUT2D eigenvalue weighted by molar-refractivity contribution is 4.96. The van der Waals surface area contributed by atoms with Crippen molar-refractivity contribution in [1.82, 2.24) is 14.7 Å². The number of piperazine rings is 1. The van der Waals surface area contributed by atoms with Crippen molar-refractivity contribution in [2.45, 2.75) is 31.8 Å². The molecule has 1 unspecified atom stereocenters. The molecule has 1 saturated heterocycles. The Morgan fingerprint density at radius 1 is 1.41 bits per heavy atom. The van der Waals surface area contributed by atoms with E-state index in [9.17, 15) is 0 Å². The molecule has 1 aliphatic heterocycles. The van der Waals surface area contributed by atoms with Crippen LogP contribution >= 0.6 is 0 Å². The monoisotopic (exact) mass is 238 g/mol. The Morgan fingerprint density at radius 2 is 2.06 bits per heavy atom. The lowest BCUT2D eigenvalue weighted by Crippen LogP contribution is -2.62. The van der Waals surface area contributed by atoms with Crippen LogP contribution in [0, 0.1) is 11.3 Å². The first kappa shape index (κ1) is 14.4. The summed E-state index contributed by atoms with van der Waals surface area (Å²) >= 11 is 0. The Balaban J connectivity index is 2.65. The average Bonchev–Trinajstić information content (AvgIpc) is 2.21. The van der Waals surface area contributed by atoms with Crippen LogP contribution in [0.15, 0.2) is 0 Å². The summed E-state index contributed by atoms with van der Waals surface area (Å²) in [6.45, 7) is 8.70. The van der Waals surface area contributed by atoms with Crippen LogP contribution < -0.4 is 0 Å². The van der Waals surface area contributed by atoms with Crippen LogP contribution in [0.5, 0.6) is 0 Å². The van der Waals surface area contributed by atoms with Gasteiger partial charge in [0.05, 0.1) is 12.5 Å². The summed E-state index contributed by atoms with van der Waals surface area (Å²) in [6, 6.07) is 2.71. The SMILES string of the molecule is CN(C)CCN1CC(C)(C)N(C)CC1CC#N. The van der Waals surface area contributed by atoms with E-state index in [1.807, 2.05) is 0 Å². The zero-order valence-electron chi connectivity index (χ0n) is 11.9. The standard InChI is InChI=1S/C13H26N4/c1-13(2)11-17(9-8-15(3)4)12(6-7-14)10-16(13)5/h12H,6,8-11H2,1-5H3. The van der Waals surface area contributed by atoms with E-state index in [1.165, 1.54) is 0 Å². The zero-order chi connectivity index (χ0) is 13.1. The van der Waals surface area contributed by atoms with Gasteiger partial charge in [-0.25, -0.2) is 0 Å². The topological polar surface area (TPSA) is 33.5 Å². The van der Waals surface area contributed by atoms with E-state index in [-0.39, 0.29) is 5.54 Å². The van der Waals surface area contributed by atoms with Crippen molar-refractivity contribution in [3.8, 4) is 6.07 Å². The minimum absolute atomic E-state index is 0.207. The minimum Gasteiger partial charge on any atom is -0.308 e. The molecule has 0 aromatic rings. The third kappa shape index (κ3) is 3.95. The Kier molecular flexibility index (Phi) is 4.93. The summed E-state index contributed by atoms with van der Waals surface area (Å²) in [5, 5.41) is 8.92. The highest BCUT2D eigenvalue weighted by Gasteiger charge is 2.36. The van der Waals surface area contributed by atoms with Gasteiger partial charge in [0.25, 0.3) is 0 Å². The van der Waals surface area contributed by atoms with Gasteiger partial charge in [-0.1, -0.05) is 0 Å². The van der Waals surface area contributed by atoms with Crippen LogP contribution in [-0.2, 0) is 0 Å². The Morgan fingerprint density at radius 3 is 2.59 bits per heavy atom. The maximum absolute atomic E-state index is 8.92. The molecule has 0 radical (unpaired) electrons. The molecule has 0 N–H and O–H groups in total. The normalized spacial score (nSPS) is 26.1. The van der Waals surface area contributed by atoms with Crippen molar-refractivity contribution < 1.29 is 0 Å². The molecule has 0 spiro atoms. The lowest BCUT2D eigenvalue weighted by Gasteiger charge is -2.49. The second-order valence-electron chi connectivity index (χ2n) is 5.98. The van der Waals surface area contributed by atoms with Crippen LogP contribution in [0.3, 0.4) is 0 Å². The average molecular weight is 238 g/mol. The van der Waals surface area contributed by atoms with Crippen molar-refractivity contribution in [3.63, 3.8) is 0 Å². The molecule has 1 atom stereocenters. The van der Waals surface area contributed by atoms with E-state index in [0.717, 1.165) is 26.2 Å². The molecule has 1 heterocycles. The predicted octanol–water partition coefficient (Wildman–Crippen LogP) is 0.856. The molecule has 1 fully saturated rings. The first-order chi connectivity index (χ1) is 7.86. The molecule has 0 amide bonds. The number of hydrogen-bond acceptors (Lipinski definition) is 4. The van der Waals surface area contributed by atoms with Crippen LogP contribution in [0.2, 0.25) is 0 Å². The molecule has 17 heavy (non-hydrogen) atoms. The number of likely N-dealkylation sites (N-methyl/N-ethyl adjacent to an activating group) is 2. The largest absolute Gasteiger partial charge is 0.308 e. The summed E-state index contributed by atoms with van der Waals surface area (Å²) in [4.78, 5) is 7.05. The highest BCUT2D eigenvalue weighted by Crippen LogP contribution is 2.23. The maximum atomic E-state index is 8.92. The van der Waals surface area contributed by atoms with Crippen LogP contribution in [0.1, 0.15) is 20.3 Å². The van der Waals surface area contributed by atoms with Crippen molar-refractivity contribution >= 4 is 0 Å². The van der Waals surface area contributed by atoms with E-state index < -0.39 is 0 Å². The van der Waals surface area contributed by atoms with Crippen molar-refractivity contribution in [1.29, 1.82) is 5.26 Å². The van der Waals surface area contributed by atoms with Crippen molar-refractivity contribution in [3.05, 3.63) is 0 Å². The predicted molar refractivity (Wildman–Crippen MR) is 70.9 cm³/mol. The minimum atomic E-state index is 0.207. The molecule has 98 valence electrons. The first-order valence-electron chi connectivity index (χ1n) is 6.34. The molecule has 0 aromatic carbocycles. The third-order valence-corrected chi connectivity index (χ3v) is 3.79. The van der Waals surface area contributed by atoms with Gasteiger partial charge in [0.15, 0.2) is 0 Å². The van der Waals surface area contributed by atoms with Crippen molar-refractivity contribution in [2.75, 3.05) is 47.3 Å². The fourth-order valence-electron chi connectivity index (χ4n) is 2.31. The molecule has 0 bridgehead atoms. The Bertz CT molecular complexity index is 280. The van der Waals surface area contributed by atoms with Crippen LogP contribution in [0.4, 0.5) is 0 Å². The van der Waals surface area contributed by atoms with Gasteiger partial charge in [0.2, 0.25) is 0 Å². The van der Waals surface area contributed by atoms with Crippen LogP contribution in [0.25, 0.3) is 0 Å². The van der Waals surface area contributed by atoms with E-state index in [1.54, 1.807) is 0 Å². The summed E-state index contributed by atoms with van der Waals surface area (Å²) in [5.41, 5.74) is 0.207. The number of nitriles is 1. The molecule has 4 heteroatoms. The van der Waals surface area contributed by atoms with Gasteiger partial charge in [-0.3, -0.25) is 9.80 Å². The highest BCUT2D eigenvalue weighted by atomic mass is 15.3. The van der Waals surface area contributed by atoms with Crippen molar-refractivity contribution in [2.24, 2.45) is 0 Å².